The topological polar surface area (TPSA) is 66.4 Å². The standard InChI is InChI=1S/C12H13BrINO3/c1-3-12(2,11(17)18)15-10(16)8-6-7(13)4-5-9(8)14/h4-6H,3H2,1-2H3,(H,15,16)(H,17,18). The molecule has 0 saturated heterocycles. The zero-order chi connectivity index (χ0) is 13.9. The minimum atomic E-state index is -1.25. The third kappa shape index (κ3) is 3.44. The van der Waals surface area contributed by atoms with E-state index in [1.807, 2.05) is 28.7 Å². The SMILES string of the molecule is CCC(C)(NC(=O)c1cc(Br)ccc1I)C(=O)O. The smallest absolute Gasteiger partial charge is 0.329 e. The fraction of sp³-hybridized carbons (Fsp3) is 0.333. The zero-order valence-electron chi connectivity index (χ0n) is 9.96. The van der Waals surface area contributed by atoms with Crippen LogP contribution in [0.25, 0.3) is 0 Å². The van der Waals surface area contributed by atoms with E-state index < -0.39 is 11.5 Å². The Morgan fingerprint density at radius 2 is 2.11 bits per heavy atom. The number of carboxylic acid groups (broad SMARTS) is 1. The molecule has 0 radical (unpaired) electrons. The van der Waals surface area contributed by atoms with Gasteiger partial charge in [0.25, 0.3) is 5.91 Å². The van der Waals surface area contributed by atoms with Gasteiger partial charge in [0.1, 0.15) is 5.54 Å². The van der Waals surface area contributed by atoms with E-state index in [4.69, 9.17) is 5.11 Å². The maximum Gasteiger partial charge on any atom is 0.329 e. The van der Waals surface area contributed by atoms with Crippen LogP contribution < -0.4 is 5.32 Å². The zero-order valence-corrected chi connectivity index (χ0v) is 13.7. The van der Waals surface area contributed by atoms with Gasteiger partial charge in [-0.1, -0.05) is 22.9 Å². The van der Waals surface area contributed by atoms with Gasteiger partial charge in [-0.25, -0.2) is 4.79 Å². The monoisotopic (exact) mass is 425 g/mol. The largest absolute Gasteiger partial charge is 0.480 e. The molecule has 1 amide bonds. The Labute approximate surface area is 127 Å². The second-order valence-electron chi connectivity index (χ2n) is 4.07. The van der Waals surface area contributed by atoms with Gasteiger partial charge in [0.15, 0.2) is 0 Å². The molecule has 0 saturated carbocycles. The molecule has 98 valence electrons. The van der Waals surface area contributed by atoms with Gasteiger partial charge >= 0.3 is 5.97 Å². The Morgan fingerprint density at radius 3 is 2.61 bits per heavy atom. The van der Waals surface area contributed by atoms with Gasteiger partial charge in [-0.15, -0.1) is 0 Å². The quantitative estimate of drug-likeness (QED) is 0.728. The van der Waals surface area contributed by atoms with Crippen molar-refractivity contribution in [1.29, 1.82) is 0 Å². The number of nitrogens with one attached hydrogen (secondary N) is 1. The lowest BCUT2D eigenvalue weighted by molar-refractivity contribution is -0.143. The molecule has 1 aromatic rings. The summed E-state index contributed by atoms with van der Waals surface area (Å²) in [5.74, 6) is -1.42. The number of benzene rings is 1. The molecule has 18 heavy (non-hydrogen) atoms. The van der Waals surface area contributed by atoms with Crippen molar-refractivity contribution in [3.8, 4) is 0 Å². The molecule has 0 fully saturated rings. The summed E-state index contributed by atoms with van der Waals surface area (Å²) in [4.78, 5) is 23.2. The van der Waals surface area contributed by atoms with Crippen molar-refractivity contribution in [3.05, 3.63) is 31.8 Å². The van der Waals surface area contributed by atoms with Crippen molar-refractivity contribution in [1.82, 2.24) is 5.32 Å². The van der Waals surface area contributed by atoms with Gasteiger partial charge in [0, 0.05) is 8.04 Å². The Morgan fingerprint density at radius 1 is 1.50 bits per heavy atom. The second-order valence-corrected chi connectivity index (χ2v) is 6.15. The van der Waals surface area contributed by atoms with Crippen molar-refractivity contribution in [2.45, 2.75) is 25.8 Å². The molecule has 0 aliphatic carbocycles. The van der Waals surface area contributed by atoms with Crippen LogP contribution in [0.15, 0.2) is 22.7 Å². The summed E-state index contributed by atoms with van der Waals surface area (Å²) < 4.78 is 1.55. The van der Waals surface area contributed by atoms with E-state index in [0.29, 0.717) is 12.0 Å². The first-order chi connectivity index (χ1) is 8.30. The highest BCUT2D eigenvalue weighted by atomic mass is 127. The Balaban J connectivity index is 3.02. The van der Waals surface area contributed by atoms with Gasteiger partial charge in [0.05, 0.1) is 5.56 Å². The molecule has 6 heteroatoms. The summed E-state index contributed by atoms with van der Waals surface area (Å²) in [6, 6.07) is 5.30. The molecule has 0 heterocycles. The number of carboxylic acids is 1. The maximum atomic E-state index is 12.1. The van der Waals surface area contributed by atoms with E-state index in [0.717, 1.165) is 8.04 Å². The van der Waals surface area contributed by atoms with Crippen LogP contribution in [0.3, 0.4) is 0 Å². The van der Waals surface area contributed by atoms with E-state index in [9.17, 15) is 9.59 Å². The predicted molar refractivity (Wildman–Crippen MR) is 80.7 cm³/mol. The van der Waals surface area contributed by atoms with Crippen LogP contribution in [-0.4, -0.2) is 22.5 Å². The van der Waals surface area contributed by atoms with Gasteiger partial charge in [-0.05, 0) is 54.1 Å². The van der Waals surface area contributed by atoms with Crippen LogP contribution in [0, 0.1) is 3.57 Å². The minimum absolute atomic E-state index is 0.318. The van der Waals surface area contributed by atoms with Crippen molar-refractivity contribution >= 4 is 50.4 Å². The van der Waals surface area contributed by atoms with Crippen molar-refractivity contribution in [2.75, 3.05) is 0 Å². The highest BCUT2D eigenvalue weighted by Crippen LogP contribution is 2.20. The van der Waals surface area contributed by atoms with Crippen LogP contribution in [0.1, 0.15) is 30.6 Å². The van der Waals surface area contributed by atoms with E-state index >= 15 is 0 Å². The summed E-state index contributed by atoms with van der Waals surface area (Å²) in [5.41, 5.74) is -0.784. The fourth-order valence-corrected chi connectivity index (χ4v) is 2.22. The lowest BCUT2D eigenvalue weighted by atomic mass is 9.98. The molecule has 1 atom stereocenters. The van der Waals surface area contributed by atoms with E-state index in [1.165, 1.54) is 6.92 Å². The van der Waals surface area contributed by atoms with Crippen molar-refractivity contribution < 1.29 is 14.7 Å². The Hall–Kier alpha value is -0.630. The molecule has 0 aliphatic rings. The van der Waals surface area contributed by atoms with Crippen LogP contribution in [0.5, 0.6) is 0 Å². The fourth-order valence-electron chi connectivity index (χ4n) is 1.28. The molecule has 0 spiro atoms. The highest BCUT2D eigenvalue weighted by molar-refractivity contribution is 14.1. The molecular formula is C12H13BrINO3. The maximum absolute atomic E-state index is 12.1. The summed E-state index contributed by atoms with van der Waals surface area (Å²) in [7, 11) is 0. The van der Waals surface area contributed by atoms with Crippen LogP contribution >= 0.6 is 38.5 Å². The van der Waals surface area contributed by atoms with Crippen molar-refractivity contribution in [3.63, 3.8) is 0 Å². The number of carbonyl (C=O) groups excluding carboxylic acids is 1. The molecule has 2 N–H and O–H groups in total. The molecule has 0 aliphatic heterocycles. The molecule has 0 aromatic heterocycles. The third-order valence-corrected chi connectivity index (χ3v) is 4.18. The first kappa shape index (κ1) is 15.4. The van der Waals surface area contributed by atoms with E-state index in [2.05, 4.69) is 21.2 Å². The summed E-state index contributed by atoms with van der Waals surface area (Å²) in [5, 5.41) is 11.7. The number of aliphatic carboxylic acids is 1. The third-order valence-electron chi connectivity index (χ3n) is 2.74. The van der Waals surface area contributed by atoms with Gasteiger partial charge in [-0.3, -0.25) is 4.79 Å². The van der Waals surface area contributed by atoms with Crippen LogP contribution in [0.2, 0.25) is 0 Å². The van der Waals surface area contributed by atoms with Crippen LogP contribution in [0.4, 0.5) is 0 Å². The molecule has 4 nitrogen and oxygen atoms in total. The molecule has 1 rings (SSSR count). The molecular weight excluding hydrogens is 413 g/mol. The second kappa shape index (κ2) is 6.01. The predicted octanol–water partition coefficient (Wildman–Crippen LogP) is 3.04. The number of hydrogen-bond acceptors (Lipinski definition) is 2. The van der Waals surface area contributed by atoms with Crippen LogP contribution in [-0.2, 0) is 4.79 Å². The average Bonchev–Trinajstić information content (AvgIpc) is 2.31. The minimum Gasteiger partial charge on any atom is -0.480 e. The Kier molecular flexibility index (Phi) is 5.15. The molecule has 1 unspecified atom stereocenters. The summed E-state index contributed by atoms with van der Waals surface area (Å²) in [6.07, 6.45) is 0.318. The summed E-state index contributed by atoms with van der Waals surface area (Å²) >= 11 is 5.33. The lowest BCUT2D eigenvalue weighted by Crippen LogP contribution is -2.51. The normalized spacial score (nSPS) is 13.8. The van der Waals surface area contributed by atoms with Gasteiger partial charge in [-0.2, -0.15) is 0 Å². The first-order valence-electron chi connectivity index (χ1n) is 5.31. The Bertz CT molecular complexity index is 492. The number of amides is 1. The highest BCUT2D eigenvalue weighted by Gasteiger charge is 2.33. The van der Waals surface area contributed by atoms with E-state index in [-0.39, 0.29) is 5.91 Å². The van der Waals surface area contributed by atoms with Crippen molar-refractivity contribution in [2.24, 2.45) is 0 Å². The molecule has 1 aromatic carbocycles. The number of halogens is 2. The number of carbonyl (C=O) groups is 2. The lowest BCUT2D eigenvalue weighted by Gasteiger charge is -2.24. The van der Waals surface area contributed by atoms with Gasteiger partial charge in [0.2, 0.25) is 0 Å². The van der Waals surface area contributed by atoms with Gasteiger partial charge < -0.3 is 10.4 Å². The first-order valence-corrected chi connectivity index (χ1v) is 7.18. The summed E-state index contributed by atoms with van der Waals surface area (Å²) in [6.45, 7) is 3.22. The number of hydrogen-bond donors (Lipinski definition) is 2. The average molecular weight is 426 g/mol. The molecule has 0 bridgehead atoms. The van der Waals surface area contributed by atoms with E-state index in [1.54, 1.807) is 19.1 Å². The number of rotatable bonds is 4.